The first-order valence-corrected chi connectivity index (χ1v) is 13.2. The van der Waals surface area contributed by atoms with Crippen molar-refractivity contribution in [3.63, 3.8) is 0 Å². The molecule has 0 aliphatic heterocycles. The summed E-state index contributed by atoms with van der Waals surface area (Å²) in [6, 6.07) is 0. The molecule has 6 saturated carbocycles. The van der Waals surface area contributed by atoms with Gasteiger partial charge in [-0.3, -0.25) is 4.79 Å². The molecule has 12 atom stereocenters. The Bertz CT molecular complexity index is 684. The predicted octanol–water partition coefficient (Wildman–Crippen LogP) is 6.33. The SMILES string of the molecule is CCC1CC(C)C2C3CC(C(=O)OC4(C(C)C)CC5CC4C4CCCC54)C(C3)C12. The second kappa shape index (κ2) is 6.49. The average Bonchev–Trinajstić information content (AvgIpc) is 3.48. The number of fused-ring (bicyclic) bond motifs is 10. The van der Waals surface area contributed by atoms with Crippen molar-refractivity contribution in [2.24, 2.45) is 71.0 Å². The molecule has 0 amide bonds. The second-order valence-corrected chi connectivity index (χ2v) is 12.6. The van der Waals surface area contributed by atoms with Crippen LogP contribution in [0.2, 0.25) is 0 Å². The largest absolute Gasteiger partial charge is 0.458 e. The Morgan fingerprint density at radius 3 is 2.55 bits per heavy atom. The Morgan fingerprint density at radius 1 is 1.00 bits per heavy atom. The topological polar surface area (TPSA) is 26.3 Å². The molecule has 6 aliphatic rings. The molecule has 0 aromatic heterocycles. The van der Waals surface area contributed by atoms with E-state index in [1.165, 1.54) is 51.4 Å². The van der Waals surface area contributed by atoms with Crippen LogP contribution in [-0.4, -0.2) is 11.6 Å². The summed E-state index contributed by atoms with van der Waals surface area (Å²) in [5, 5.41) is 0. The van der Waals surface area contributed by atoms with Crippen molar-refractivity contribution < 1.29 is 9.53 Å². The van der Waals surface area contributed by atoms with Crippen molar-refractivity contribution in [1.29, 1.82) is 0 Å². The Hall–Kier alpha value is -0.530. The van der Waals surface area contributed by atoms with Crippen LogP contribution in [0.15, 0.2) is 0 Å². The van der Waals surface area contributed by atoms with Gasteiger partial charge in [-0.15, -0.1) is 0 Å². The lowest BCUT2D eigenvalue weighted by atomic mass is 9.67. The van der Waals surface area contributed by atoms with Crippen LogP contribution in [-0.2, 0) is 9.53 Å². The third-order valence-electron chi connectivity index (χ3n) is 11.6. The van der Waals surface area contributed by atoms with E-state index in [4.69, 9.17) is 4.74 Å². The number of ether oxygens (including phenoxy) is 1. The Morgan fingerprint density at radius 2 is 1.79 bits per heavy atom. The number of hydrogen-bond acceptors (Lipinski definition) is 2. The minimum Gasteiger partial charge on any atom is -0.458 e. The lowest BCUT2D eigenvalue weighted by Gasteiger charge is -2.46. The highest BCUT2D eigenvalue weighted by Gasteiger charge is 2.65. The molecule has 162 valence electrons. The molecule has 6 aliphatic carbocycles. The summed E-state index contributed by atoms with van der Waals surface area (Å²) < 4.78 is 6.74. The van der Waals surface area contributed by atoms with Gasteiger partial charge in [0.2, 0.25) is 0 Å². The second-order valence-electron chi connectivity index (χ2n) is 12.6. The van der Waals surface area contributed by atoms with Crippen molar-refractivity contribution in [3.05, 3.63) is 0 Å². The van der Waals surface area contributed by atoms with Crippen molar-refractivity contribution in [3.8, 4) is 0 Å². The summed E-state index contributed by atoms with van der Waals surface area (Å²) in [5.74, 6) is 9.13. The van der Waals surface area contributed by atoms with Crippen molar-refractivity contribution in [2.45, 2.75) is 91.1 Å². The molecule has 0 radical (unpaired) electrons. The number of hydrogen-bond donors (Lipinski definition) is 0. The highest BCUT2D eigenvalue weighted by atomic mass is 16.6. The Balaban J connectivity index is 1.23. The van der Waals surface area contributed by atoms with Crippen LogP contribution < -0.4 is 0 Å². The van der Waals surface area contributed by atoms with E-state index in [0.29, 0.717) is 17.8 Å². The molecule has 2 nitrogen and oxygen atoms in total. The molecule has 0 aromatic carbocycles. The fourth-order valence-electron chi connectivity index (χ4n) is 10.8. The van der Waals surface area contributed by atoms with Gasteiger partial charge in [-0.2, -0.15) is 0 Å². The normalized spacial score (nSPS) is 56.9. The number of carbonyl (C=O) groups is 1. The summed E-state index contributed by atoms with van der Waals surface area (Å²) in [6.07, 6.45) is 11.9. The van der Waals surface area contributed by atoms with Gasteiger partial charge >= 0.3 is 5.97 Å². The van der Waals surface area contributed by atoms with Crippen molar-refractivity contribution >= 4 is 5.97 Å². The van der Waals surface area contributed by atoms with Gasteiger partial charge in [0.25, 0.3) is 0 Å². The Kier molecular flexibility index (Phi) is 4.29. The zero-order valence-corrected chi connectivity index (χ0v) is 19.1. The molecule has 0 saturated heterocycles. The molecular formula is C27H42O2. The molecule has 0 aromatic rings. The molecule has 0 heterocycles. The third kappa shape index (κ3) is 2.44. The van der Waals surface area contributed by atoms with E-state index in [1.807, 2.05) is 0 Å². The smallest absolute Gasteiger partial charge is 0.309 e. The molecule has 29 heavy (non-hydrogen) atoms. The van der Waals surface area contributed by atoms with Crippen molar-refractivity contribution in [2.75, 3.05) is 0 Å². The predicted molar refractivity (Wildman–Crippen MR) is 115 cm³/mol. The van der Waals surface area contributed by atoms with E-state index in [9.17, 15) is 4.79 Å². The first-order valence-electron chi connectivity index (χ1n) is 13.2. The fourth-order valence-corrected chi connectivity index (χ4v) is 10.8. The summed E-state index contributed by atoms with van der Waals surface area (Å²) in [7, 11) is 0. The molecule has 0 spiro atoms. The van der Waals surface area contributed by atoms with Crippen LogP contribution in [0.25, 0.3) is 0 Å². The Labute approximate surface area is 177 Å². The zero-order valence-electron chi connectivity index (χ0n) is 19.1. The van der Waals surface area contributed by atoms with Gasteiger partial charge < -0.3 is 4.74 Å². The first-order chi connectivity index (χ1) is 13.9. The van der Waals surface area contributed by atoms with E-state index in [0.717, 1.165) is 53.8 Å². The van der Waals surface area contributed by atoms with E-state index in [1.54, 1.807) is 0 Å². The summed E-state index contributed by atoms with van der Waals surface area (Å²) >= 11 is 0. The van der Waals surface area contributed by atoms with E-state index < -0.39 is 0 Å². The van der Waals surface area contributed by atoms with Gasteiger partial charge in [-0.05, 0) is 104 Å². The average molecular weight is 399 g/mol. The van der Waals surface area contributed by atoms with Gasteiger partial charge in [0.05, 0.1) is 5.92 Å². The van der Waals surface area contributed by atoms with Crippen molar-refractivity contribution in [1.82, 2.24) is 0 Å². The lowest BCUT2D eigenvalue weighted by Crippen LogP contribution is -2.50. The highest BCUT2D eigenvalue weighted by molar-refractivity contribution is 5.74. The molecule has 4 bridgehead atoms. The van der Waals surface area contributed by atoms with Crippen LogP contribution in [0.4, 0.5) is 0 Å². The molecule has 6 fully saturated rings. The van der Waals surface area contributed by atoms with Crippen LogP contribution in [0.5, 0.6) is 0 Å². The van der Waals surface area contributed by atoms with E-state index >= 15 is 0 Å². The van der Waals surface area contributed by atoms with Gasteiger partial charge in [0, 0.05) is 5.92 Å². The maximum atomic E-state index is 13.7. The minimum absolute atomic E-state index is 0.137. The first kappa shape index (κ1) is 19.2. The van der Waals surface area contributed by atoms with Gasteiger partial charge in [-0.25, -0.2) is 0 Å². The lowest BCUT2D eigenvalue weighted by molar-refractivity contribution is -0.186. The van der Waals surface area contributed by atoms with Crippen LogP contribution in [0.1, 0.15) is 85.5 Å². The standard InChI is InChI=1S/C27H42O2/c1-5-16-9-15(4)24-17-10-21(25(16)24)22(11-17)26(28)29-27(14(2)3)13-18-12-23(27)20-8-6-7-19(18)20/h14-25H,5-13H2,1-4H3. The molecule has 12 unspecified atom stereocenters. The molecule has 0 N–H and O–H groups in total. The van der Waals surface area contributed by atoms with E-state index in [2.05, 4.69) is 27.7 Å². The van der Waals surface area contributed by atoms with Gasteiger partial charge in [-0.1, -0.05) is 40.5 Å². The quantitative estimate of drug-likeness (QED) is 0.517. The van der Waals surface area contributed by atoms with Gasteiger partial charge in [0.15, 0.2) is 0 Å². The summed E-state index contributed by atoms with van der Waals surface area (Å²) in [6.45, 7) is 9.53. The number of rotatable bonds is 4. The van der Waals surface area contributed by atoms with Crippen LogP contribution >= 0.6 is 0 Å². The molecule has 2 heteroatoms. The van der Waals surface area contributed by atoms with E-state index in [-0.39, 0.29) is 17.5 Å². The maximum absolute atomic E-state index is 13.7. The fraction of sp³-hybridized carbons (Fsp3) is 0.963. The van der Waals surface area contributed by atoms with Gasteiger partial charge in [0.1, 0.15) is 5.60 Å². The molecule has 6 rings (SSSR count). The zero-order chi connectivity index (χ0) is 20.1. The summed E-state index contributed by atoms with van der Waals surface area (Å²) in [5.41, 5.74) is -0.137. The number of esters is 1. The summed E-state index contributed by atoms with van der Waals surface area (Å²) in [4.78, 5) is 13.7. The van der Waals surface area contributed by atoms with Crippen LogP contribution in [0.3, 0.4) is 0 Å². The minimum atomic E-state index is -0.137. The third-order valence-corrected chi connectivity index (χ3v) is 11.6. The highest BCUT2D eigenvalue weighted by Crippen LogP contribution is 2.67. The monoisotopic (exact) mass is 398 g/mol. The molecular weight excluding hydrogens is 356 g/mol. The van der Waals surface area contributed by atoms with Crippen LogP contribution in [0, 0.1) is 71.0 Å². The maximum Gasteiger partial charge on any atom is 0.309 e. The number of carbonyl (C=O) groups excluding carboxylic acids is 1.